The van der Waals surface area contributed by atoms with E-state index in [0.717, 1.165) is 31.1 Å². The zero-order valence-corrected chi connectivity index (χ0v) is 13.3. The molecule has 1 aliphatic rings. The predicted octanol–water partition coefficient (Wildman–Crippen LogP) is 3.40. The molecule has 2 heterocycles. The number of thiocarbonyl (C=S) groups is 1. The second-order valence-corrected chi connectivity index (χ2v) is 5.88. The fourth-order valence-electron chi connectivity index (χ4n) is 2.83. The van der Waals surface area contributed by atoms with Crippen molar-refractivity contribution in [2.75, 3.05) is 25.0 Å². The summed E-state index contributed by atoms with van der Waals surface area (Å²) >= 11 is 5.39. The molecule has 2 N–H and O–H groups in total. The lowest BCUT2D eigenvalue weighted by Crippen LogP contribution is -2.38. The average molecular weight is 315 g/mol. The van der Waals surface area contributed by atoms with Crippen molar-refractivity contribution < 1.29 is 4.42 Å². The van der Waals surface area contributed by atoms with Gasteiger partial charge < -0.3 is 15.1 Å². The van der Waals surface area contributed by atoms with Crippen LogP contribution in [0.2, 0.25) is 0 Å². The first-order chi connectivity index (χ1) is 10.8. The van der Waals surface area contributed by atoms with Crippen LogP contribution in [0.15, 0.2) is 53.1 Å². The molecule has 1 saturated heterocycles. The molecule has 4 nitrogen and oxygen atoms in total. The van der Waals surface area contributed by atoms with Gasteiger partial charge in [0, 0.05) is 12.2 Å². The van der Waals surface area contributed by atoms with Crippen molar-refractivity contribution >= 4 is 23.0 Å². The third kappa shape index (κ3) is 3.87. The van der Waals surface area contributed by atoms with Gasteiger partial charge in [0.1, 0.15) is 5.76 Å². The van der Waals surface area contributed by atoms with Gasteiger partial charge in [0.2, 0.25) is 0 Å². The van der Waals surface area contributed by atoms with E-state index in [0.29, 0.717) is 5.11 Å². The van der Waals surface area contributed by atoms with Crippen molar-refractivity contribution in [3.63, 3.8) is 0 Å². The van der Waals surface area contributed by atoms with Gasteiger partial charge in [0.05, 0.1) is 12.3 Å². The van der Waals surface area contributed by atoms with Gasteiger partial charge in [0.15, 0.2) is 5.11 Å². The maximum absolute atomic E-state index is 5.61. The zero-order valence-electron chi connectivity index (χ0n) is 12.5. The number of benzene rings is 1. The number of hydrogen-bond donors (Lipinski definition) is 2. The van der Waals surface area contributed by atoms with Crippen LogP contribution < -0.4 is 10.6 Å². The number of likely N-dealkylation sites (tertiary alicyclic amines) is 1. The van der Waals surface area contributed by atoms with Crippen molar-refractivity contribution in [1.29, 1.82) is 0 Å². The molecule has 3 rings (SSSR count). The van der Waals surface area contributed by atoms with E-state index in [1.807, 2.05) is 42.5 Å². The Morgan fingerprint density at radius 3 is 2.59 bits per heavy atom. The van der Waals surface area contributed by atoms with Gasteiger partial charge in [-0.15, -0.1) is 0 Å². The van der Waals surface area contributed by atoms with Crippen LogP contribution in [-0.4, -0.2) is 29.6 Å². The third-order valence-corrected chi connectivity index (χ3v) is 4.19. The van der Waals surface area contributed by atoms with Gasteiger partial charge in [-0.25, -0.2) is 0 Å². The molecule has 116 valence electrons. The molecule has 0 aliphatic carbocycles. The van der Waals surface area contributed by atoms with E-state index in [9.17, 15) is 0 Å². The fraction of sp³-hybridized carbons (Fsp3) is 0.353. The van der Waals surface area contributed by atoms with Gasteiger partial charge >= 0.3 is 0 Å². The molecular weight excluding hydrogens is 294 g/mol. The fourth-order valence-corrected chi connectivity index (χ4v) is 3.03. The number of hydrogen-bond acceptors (Lipinski definition) is 3. The van der Waals surface area contributed by atoms with Crippen LogP contribution in [0.3, 0.4) is 0 Å². The maximum atomic E-state index is 5.61. The van der Waals surface area contributed by atoms with Crippen LogP contribution in [0.25, 0.3) is 0 Å². The lowest BCUT2D eigenvalue weighted by atomic mass is 10.2. The molecule has 1 aromatic carbocycles. The minimum absolute atomic E-state index is 0.230. The Hall–Kier alpha value is -1.85. The Balaban J connectivity index is 1.58. The molecule has 0 saturated carbocycles. The van der Waals surface area contributed by atoms with Crippen LogP contribution in [0.5, 0.6) is 0 Å². The summed E-state index contributed by atoms with van der Waals surface area (Å²) in [7, 11) is 0. The van der Waals surface area contributed by atoms with Crippen molar-refractivity contribution in [3.05, 3.63) is 54.5 Å². The molecule has 1 fully saturated rings. The maximum Gasteiger partial charge on any atom is 0.170 e. The van der Waals surface area contributed by atoms with E-state index in [2.05, 4.69) is 15.5 Å². The van der Waals surface area contributed by atoms with E-state index < -0.39 is 0 Å². The summed E-state index contributed by atoms with van der Waals surface area (Å²) in [6.07, 6.45) is 4.24. The van der Waals surface area contributed by atoms with E-state index >= 15 is 0 Å². The van der Waals surface area contributed by atoms with Crippen LogP contribution in [0.1, 0.15) is 24.6 Å². The smallest absolute Gasteiger partial charge is 0.170 e. The molecular formula is C17H21N3OS. The van der Waals surface area contributed by atoms with Crippen molar-refractivity contribution in [3.8, 4) is 0 Å². The molecule has 0 spiro atoms. The van der Waals surface area contributed by atoms with Crippen molar-refractivity contribution in [1.82, 2.24) is 10.2 Å². The number of furan rings is 1. The Morgan fingerprint density at radius 2 is 1.91 bits per heavy atom. The average Bonchev–Trinajstić information content (AvgIpc) is 3.22. The van der Waals surface area contributed by atoms with Gasteiger partial charge in [-0.3, -0.25) is 4.90 Å². The highest BCUT2D eigenvalue weighted by Crippen LogP contribution is 2.24. The Kier molecular flexibility index (Phi) is 5.08. The first kappa shape index (κ1) is 15.1. The van der Waals surface area contributed by atoms with Gasteiger partial charge in [-0.2, -0.15) is 0 Å². The van der Waals surface area contributed by atoms with Gasteiger partial charge in [-0.05, 0) is 62.4 Å². The molecule has 0 bridgehead atoms. The summed E-state index contributed by atoms with van der Waals surface area (Å²) in [5, 5.41) is 7.16. The van der Waals surface area contributed by atoms with Crippen LogP contribution in [-0.2, 0) is 0 Å². The van der Waals surface area contributed by atoms with Crippen LogP contribution in [0, 0.1) is 0 Å². The SMILES string of the molecule is S=C(NCC(c1ccco1)N1CCCC1)Nc1ccccc1. The summed E-state index contributed by atoms with van der Waals surface area (Å²) in [5.74, 6) is 0.997. The highest BCUT2D eigenvalue weighted by Gasteiger charge is 2.25. The monoisotopic (exact) mass is 315 g/mol. The number of rotatable bonds is 5. The van der Waals surface area contributed by atoms with E-state index in [4.69, 9.17) is 16.6 Å². The second kappa shape index (κ2) is 7.42. The van der Waals surface area contributed by atoms with Gasteiger partial charge in [0.25, 0.3) is 0 Å². The highest BCUT2D eigenvalue weighted by molar-refractivity contribution is 7.80. The van der Waals surface area contributed by atoms with E-state index in [1.54, 1.807) is 6.26 Å². The molecule has 1 atom stereocenters. The summed E-state index contributed by atoms with van der Waals surface area (Å²) in [6.45, 7) is 2.98. The summed E-state index contributed by atoms with van der Waals surface area (Å²) in [5.41, 5.74) is 0.996. The minimum Gasteiger partial charge on any atom is -0.468 e. The lowest BCUT2D eigenvalue weighted by Gasteiger charge is -2.26. The summed E-state index contributed by atoms with van der Waals surface area (Å²) < 4.78 is 5.61. The third-order valence-electron chi connectivity index (χ3n) is 3.94. The molecule has 1 aliphatic heterocycles. The van der Waals surface area contributed by atoms with Gasteiger partial charge in [-0.1, -0.05) is 18.2 Å². The standard InChI is InChI=1S/C17H21N3OS/c22-17(19-14-7-2-1-3-8-14)18-13-15(16-9-6-12-21-16)20-10-4-5-11-20/h1-3,6-9,12,15H,4-5,10-11,13H2,(H2,18,19,22). The summed E-state index contributed by atoms with van der Waals surface area (Å²) in [6, 6.07) is 14.2. The predicted molar refractivity (Wildman–Crippen MR) is 92.9 cm³/mol. The largest absolute Gasteiger partial charge is 0.468 e. The van der Waals surface area contributed by atoms with Crippen molar-refractivity contribution in [2.45, 2.75) is 18.9 Å². The second-order valence-electron chi connectivity index (χ2n) is 5.48. The minimum atomic E-state index is 0.230. The number of nitrogens with zero attached hydrogens (tertiary/aromatic N) is 1. The number of anilines is 1. The zero-order chi connectivity index (χ0) is 15.2. The number of nitrogens with one attached hydrogen (secondary N) is 2. The van der Waals surface area contributed by atoms with E-state index in [-0.39, 0.29) is 6.04 Å². The molecule has 5 heteroatoms. The molecule has 0 radical (unpaired) electrons. The molecule has 0 amide bonds. The first-order valence-electron chi connectivity index (χ1n) is 7.70. The highest BCUT2D eigenvalue weighted by atomic mass is 32.1. The molecule has 2 aromatic rings. The lowest BCUT2D eigenvalue weighted by molar-refractivity contribution is 0.216. The molecule has 1 aromatic heterocycles. The quantitative estimate of drug-likeness (QED) is 0.828. The van der Waals surface area contributed by atoms with Crippen LogP contribution >= 0.6 is 12.2 Å². The molecule has 22 heavy (non-hydrogen) atoms. The van der Waals surface area contributed by atoms with Crippen molar-refractivity contribution in [2.24, 2.45) is 0 Å². The summed E-state index contributed by atoms with van der Waals surface area (Å²) in [4.78, 5) is 2.46. The Bertz CT molecular complexity index is 579. The van der Waals surface area contributed by atoms with E-state index in [1.165, 1.54) is 12.8 Å². The Morgan fingerprint density at radius 1 is 1.14 bits per heavy atom. The molecule has 1 unspecified atom stereocenters. The Labute approximate surface area is 136 Å². The van der Waals surface area contributed by atoms with Crippen LogP contribution in [0.4, 0.5) is 5.69 Å². The normalized spacial score (nSPS) is 16.4. The first-order valence-corrected chi connectivity index (χ1v) is 8.11. The topological polar surface area (TPSA) is 40.4 Å². The number of para-hydroxylation sites is 1.